The van der Waals surface area contributed by atoms with Crippen molar-refractivity contribution in [1.82, 2.24) is 19.5 Å². The van der Waals surface area contributed by atoms with Crippen LogP contribution in [-0.2, 0) is 20.1 Å². The quantitative estimate of drug-likeness (QED) is 0.123. The molecule has 4 heterocycles. The van der Waals surface area contributed by atoms with Gasteiger partial charge < -0.3 is 8.98 Å². The maximum Gasteiger partial charge on any atom is 0 e. The maximum absolute atomic E-state index is 8.02. The van der Waals surface area contributed by atoms with E-state index in [-0.39, 0.29) is 20.1 Å². The number of nitrogens with zero attached hydrogens (tertiary/aromatic N) is 4. The molecule has 1 radical (unpaired) electrons. The van der Waals surface area contributed by atoms with E-state index in [1.807, 2.05) is 87.6 Å². The minimum absolute atomic E-state index is 0. The Bertz CT molecular complexity index is 2730. The number of benzene rings is 5. The van der Waals surface area contributed by atoms with Crippen LogP contribution < -0.4 is 4.40 Å². The molecule has 0 spiro atoms. The molecule has 275 valence electrons. The van der Waals surface area contributed by atoms with Gasteiger partial charge in [0.1, 0.15) is 0 Å². The fourth-order valence-corrected chi connectivity index (χ4v) is 8.91. The van der Waals surface area contributed by atoms with Crippen molar-refractivity contribution < 1.29 is 25.9 Å². The minimum Gasteiger partial charge on any atom is 0 e. The van der Waals surface area contributed by atoms with Gasteiger partial charge in [0, 0.05) is 42.4 Å². The van der Waals surface area contributed by atoms with Crippen molar-refractivity contribution in [3.8, 4) is 39.5 Å². The Morgan fingerprint density at radius 3 is 2.25 bits per heavy atom. The van der Waals surface area contributed by atoms with Crippen molar-refractivity contribution >= 4 is 50.8 Å². The van der Waals surface area contributed by atoms with E-state index in [2.05, 4.69) is 117 Å². The molecule has 5 nitrogen and oxygen atoms in total. The second-order valence-corrected chi connectivity index (χ2v) is 25.5. The number of furan rings is 1. The van der Waals surface area contributed by atoms with Crippen LogP contribution in [0.2, 0.25) is 17.3 Å². The van der Waals surface area contributed by atoms with Crippen LogP contribution in [0.4, 0.5) is 0 Å². The Morgan fingerprint density at radius 1 is 0.764 bits per heavy atom. The van der Waals surface area contributed by atoms with Crippen LogP contribution in [0.3, 0.4) is 0 Å². The first-order chi connectivity index (χ1) is 26.5. The number of aromatic nitrogens is 4. The molecule has 0 aliphatic carbocycles. The summed E-state index contributed by atoms with van der Waals surface area (Å²) in [5.74, 6) is 7.32. The first-order valence-corrected chi connectivity index (χ1v) is 25.6. The van der Waals surface area contributed by atoms with Crippen LogP contribution in [0.5, 0.6) is 0 Å². The molecule has 0 fully saturated rings. The van der Waals surface area contributed by atoms with Crippen LogP contribution >= 0.6 is 0 Å². The first-order valence-electron chi connectivity index (χ1n) is 18.8. The van der Waals surface area contributed by atoms with Gasteiger partial charge in [0.05, 0.1) is 22.4 Å². The van der Waals surface area contributed by atoms with Crippen molar-refractivity contribution in [3.63, 3.8) is 0 Å². The maximum atomic E-state index is 8.02. The topological polar surface area (TPSA) is 56.7 Å². The van der Waals surface area contributed by atoms with Crippen molar-refractivity contribution in [3.05, 3.63) is 163 Å². The Kier molecular flexibility index (Phi) is 10.7. The monoisotopic (exact) mass is 958 g/mol. The molecule has 4 aromatic heterocycles. The number of hydrogen-bond acceptors (Lipinski definition) is 4. The molecule has 0 unspecified atom stereocenters. The summed E-state index contributed by atoms with van der Waals surface area (Å²) in [5, 5.41) is 2.00. The number of para-hydroxylation sites is 3. The Balaban J connectivity index is 0.000000197. The number of rotatable bonds is 6. The van der Waals surface area contributed by atoms with E-state index in [0.717, 1.165) is 78.1 Å². The van der Waals surface area contributed by atoms with E-state index < -0.39 is 19.2 Å². The molecule has 0 aliphatic rings. The van der Waals surface area contributed by atoms with Crippen LogP contribution in [0.15, 0.2) is 144 Å². The summed E-state index contributed by atoms with van der Waals surface area (Å²) in [6.07, 6.45) is 2.02. The number of imidazole rings is 1. The zero-order chi connectivity index (χ0) is 38.3. The second-order valence-electron chi connectivity index (χ2n) is 14.8. The predicted molar refractivity (Wildman–Crippen MR) is 226 cm³/mol. The fourth-order valence-electron chi connectivity index (χ4n) is 6.74. The molecule has 9 aromatic rings. The smallest absolute Gasteiger partial charge is 0 e. The molecule has 7 heteroatoms. The molecule has 9 rings (SSSR count). The average Bonchev–Trinajstić information content (AvgIpc) is 3.76. The van der Waals surface area contributed by atoms with Crippen molar-refractivity contribution in [2.75, 3.05) is 0 Å². The number of fused-ring (bicyclic) bond motifs is 4. The Labute approximate surface area is 340 Å². The molecule has 0 atom stereocenters. The summed E-state index contributed by atoms with van der Waals surface area (Å²) in [6, 6.07) is 52.0. The van der Waals surface area contributed by atoms with Crippen LogP contribution in [-0.4, -0.2) is 32.8 Å². The summed E-state index contributed by atoms with van der Waals surface area (Å²) in [4.78, 5) is 14.3. The van der Waals surface area contributed by atoms with E-state index in [4.69, 9.17) is 10.8 Å². The average molecular weight is 957 g/mol. The van der Waals surface area contributed by atoms with E-state index in [9.17, 15) is 0 Å². The van der Waals surface area contributed by atoms with Crippen LogP contribution in [0.1, 0.15) is 32.4 Å². The van der Waals surface area contributed by atoms with E-state index in [0.29, 0.717) is 5.71 Å². The molecule has 0 saturated carbocycles. The summed E-state index contributed by atoms with van der Waals surface area (Å²) >= 11 is -1.78. The van der Waals surface area contributed by atoms with E-state index in [1.165, 1.54) is 4.40 Å². The third-order valence-corrected chi connectivity index (χ3v) is 14.0. The Hall–Kier alpha value is -5.14. The fraction of sp³-hybridized carbons (Fsp3) is 0.146. The van der Waals surface area contributed by atoms with Gasteiger partial charge in [-0.3, -0.25) is 4.98 Å². The van der Waals surface area contributed by atoms with Crippen molar-refractivity contribution in [2.45, 2.75) is 43.9 Å². The SMILES string of the molecule is Cc1ccc2c(n1)oc1c(-c3nc4ccccc4n3-c3ccccc3-c3ccccc3)[c-]ccc12.[2H]C(C)(C)c1c[c-]c(-c2cc[c]([Ge]([CH3])([CH3])[CH3])cn2)cc1.[Ir]. The molecule has 0 aliphatic heterocycles. The molecule has 55 heavy (non-hydrogen) atoms. The molecule has 0 N–H and O–H groups in total. The van der Waals surface area contributed by atoms with Gasteiger partial charge in [-0.05, 0) is 42.8 Å². The Morgan fingerprint density at radius 2 is 1.53 bits per heavy atom. The number of aryl methyl sites for hydroxylation is 1. The first kappa shape index (κ1) is 36.8. The van der Waals surface area contributed by atoms with E-state index in [1.54, 1.807) is 0 Å². The molecule has 0 saturated heterocycles. The normalized spacial score (nSPS) is 11.9. The largest absolute Gasteiger partial charge is 0 e. The molecular formula is C48H42GeIrN4O-2. The van der Waals surface area contributed by atoms with Gasteiger partial charge in [0.25, 0.3) is 0 Å². The van der Waals surface area contributed by atoms with Crippen LogP contribution in [0, 0.1) is 19.1 Å². The molecular weight excluding hydrogens is 913 g/mol. The summed E-state index contributed by atoms with van der Waals surface area (Å²) < 4.78 is 18.0. The van der Waals surface area contributed by atoms with Gasteiger partial charge in [-0.1, -0.05) is 71.6 Å². The van der Waals surface area contributed by atoms with Gasteiger partial charge in [0.15, 0.2) is 0 Å². The van der Waals surface area contributed by atoms with Crippen molar-refractivity contribution in [1.29, 1.82) is 0 Å². The summed E-state index contributed by atoms with van der Waals surface area (Å²) in [7, 11) is 0. The zero-order valence-corrected chi connectivity index (χ0v) is 36.3. The van der Waals surface area contributed by atoms with Gasteiger partial charge in [-0.25, -0.2) is 4.98 Å². The van der Waals surface area contributed by atoms with Gasteiger partial charge in [-0.2, -0.15) is 0 Å². The molecule has 0 bridgehead atoms. The number of hydrogen-bond donors (Lipinski definition) is 0. The molecule has 0 amide bonds. The summed E-state index contributed by atoms with van der Waals surface area (Å²) in [6.45, 7) is 5.75. The number of pyridine rings is 2. The van der Waals surface area contributed by atoms with Gasteiger partial charge in [0.2, 0.25) is 5.71 Å². The zero-order valence-electron chi connectivity index (χ0n) is 32.8. The van der Waals surface area contributed by atoms with Gasteiger partial charge in [-0.15, -0.1) is 18.2 Å². The van der Waals surface area contributed by atoms with Gasteiger partial charge >= 0.3 is 120 Å². The third-order valence-electron chi connectivity index (χ3n) is 9.75. The van der Waals surface area contributed by atoms with E-state index >= 15 is 0 Å². The van der Waals surface area contributed by atoms with Crippen LogP contribution in [0.25, 0.3) is 72.6 Å². The standard InChI is InChI=1S/C31H20N3O.C17H22GeN.Ir/c1-20-18-19-24-23-13-9-14-25(29(23)35-31(24)32-20)30-33-26-15-6-8-17-28(26)34(30)27-16-7-5-12-22(27)21-10-3-2-4-11-21;1-13(2)14-6-8-15(9-7-14)17-11-10-16(12-19-17)18(3,4)5;/h2-13,15-19H,1H3;6-8,10-13H,1-5H3;/q2*-1;/i;13D;. The summed E-state index contributed by atoms with van der Waals surface area (Å²) in [5.41, 5.74) is 11.3. The minimum atomic E-state index is -1.78. The van der Waals surface area contributed by atoms with Crippen molar-refractivity contribution in [2.24, 2.45) is 0 Å². The second kappa shape index (κ2) is 15.9. The third kappa shape index (κ3) is 7.72. The predicted octanol–water partition coefficient (Wildman–Crippen LogP) is 12.0. The molecule has 5 aromatic carbocycles.